The highest BCUT2D eigenvalue weighted by Crippen LogP contribution is 2.27. The molecule has 23 heavy (non-hydrogen) atoms. The third-order valence-corrected chi connectivity index (χ3v) is 5.09. The van der Waals surface area contributed by atoms with E-state index in [9.17, 15) is 0 Å². The molecule has 0 amide bonds. The molecule has 0 bridgehead atoms. The van der Waals surface area contributed by atoms with Gasteiger partial charge in [-0.25, -0.2) is 0 Å². The van der Waals surface area contributed by atoms with E-state index in [2.05, 4.69) is 17.6 Å². The summed E-state index contributed by atoms with van der Waals surface area (Å²) in [5.74, 6) is 1.70. The van der Waals surface area contributed by atoms with Crippen molar-refractivity contribution < 1.29 is 0 Å². The van der Waals surface area contributed by atoms with Crippen LogP contribution in [0.15, 0.2) is 42.5 Å². The van der Waals surface area contributed by atoms with Gasteiger partial charge >= 0.3 is 0 Å². The van der Waals surface area contributed by atoms with E-state index in [4.69, 9.17) is 35.4 Å². The average Bonchev–Trinajstić information content (AvgIpc) is 2.52. The van der Waals surface area contributed by atoms with Crippen molar-refractivity contribution in [2.24, 2.45) is 0 Å². The van der Waals surface area contributed by atoms with Crippen molar-refractivity contribution in [3.05, 3.63) is 63.6 Å². The van der Waals surface area contributed by atoms with Crippen LogP contribution < -0.4 is 10.6 Å². The number of nitrogens with one attached hydrogen (secondary N) is 2. The van der Waals surface area contributed by atoms with Gasteiger partial charge in [-0.1, -0.05) is 47.0 Å². The van der Waals surface area contributed by atoms with E-state index in [1.165, 1.54) is 5.56 Å². The molecule has 2 aromatic carbocycles. The predicted molar refractivity (Wildman–Crippen MR) is 108 cm³/mol. The first-order valence-corrected chi connectivity index (χ1v) is 9.50. The molecule has 2 nitrogen and oxygen atoms in total. The Morgan fingerprint density at radius 3 is 2.39 bits per heavy atom. The lowest BCUT2D eigenvalue weighted by Gasteiger charge is -2.11. The number of thiocarbonyl (C=S) groups is 1. The molecule has 0 aliphatic heterocycles. The van der Waals surface area contributed by atoms with Gasteiger partial charge in [0.05, 0.1) is 0 Å². The highest BCUT2D eigenvalue weighted by molar-refractivity contribution is 7.98. The van der Waals surface area contributed by atoms with Crippen LogP contribution in [0.5, 0.6) is 0 Å². The SMILES string of the molecule is Cc1ccc(NC(=S)NCCSCc2c(Cl)cccc2Cl)cc1. The zero-order valence-corrected chi connectivity index (χ0v) is 15.9. The van der Waals surface area contributed by atoms with Crippen LogP contribution in [-0.4, -0.2) is 17.4 Å². The van der Waals surface area contributed by atoms with Crippen molar-refractivity contribution in [3.63, 3.8) is 0 Å². The number of hydrogen-bond acceptors (Lipinski definition) is 2. The molecule has 0 aromatic heterocycles. The van der Waals surface area contributed by atoms with E-state index in [1.807, 2.05) is 42.5 Å². The Hall–Kier alpha value is -0.940. The molecule has 0 saturated heterocycles. The summed E-state index contributed by atoms with van der Waals surface area (Å²) in [4.78, 5) is 0. The van der Waals surface area contributed by atoms with Crippen LogP contribution in [0, 0.1) is 6.92 Å². The Labute approximate surface area is 157 Å². The van der Waals surface area contributed by atoms with Crippen molar-refractivity contribution in [1.82, 2.24) is 5.32 Å². The van der Waals surface area contributed by atoms with Crippen molar-refractivity contribution >= 4 is 58.0 Å². The molecule has 0 atom stereocenters. The number of benzene rings is 2. The maximum absolute atomic E-state index is 6.15. The summed E-state index contributed by atoms with van der Waals surface area (Å²) in [5, 5.41) is 8.42. The standard InChI is InChI=1S/C17H18Cl2N2S2/c1-12-5-7-13(8-6-12)21-17(22)20-9-10-23-11-14-15(18)3-2-4-16(14)19/h2-8H,9-11H2,1H3,(H2,20,21,22). The molecule has 0 heterocycles. The first-order chi connectivity index (χ1) is 11.1. The maximum atomic E-state index is 6.15. The van der Waals surface area contributed by atoms with Crippen molar-refractivity contribution in [2.45, 2.75) is 12.7 Å². The zero-order valence-electron chi connectivity index (χ0n) is 12.7. The summed E-state index contributed by atoms with van der Waals surface area (Å²) in [6, 6.07) is 13.7. The van der Waals surface area contributed by atoms with Gasteiger partial charge < -0.3 is 10.6 Å². The molecule has 0 saturated carbocycles. The number of rotatable bonds is 6. The van der Waals surface area contributed by atoms with Crippen molar-refractivity contribution in [2.75, 3.05) is 17.6 Å². The monoisotopic (exact) mass is 384 g/mol. The average molecular weight is 385 g/mol. The second kappa shape index (κ2) is 9.38. The fourth-order valence-corrected chi connectivity index (χ4v) is 3.71. The lowest BCUT2D eigenvalue weighted by Crippen LogP contribution is -2.30. The Morgan fingerprint density at radius 1 is 1.09 bits per heavy atom. The van der Waals surface area contributed by atoms with Crippen LogP contribution in [0.3, 0.4) is 0 Å². The Balaban J connectivity index is 1.67. The Bertz CT molecular complexity index is 640. The van der Waals surface area contributed by atoms with Gasteiger partial charge in [0.1, 0.15) is 0 Å². The van der Waals surface area contributed by atoms with E-state index in [-0.39, 0.29) is 0 Å². The molecular formula is C17H18Cl2N2S2. The normalized spacial score (nSPS) is 10.4. The van der Waals surface area contributed by atoms with Gasteiger partial charge in [0.15, 0.2) is 5.11 Å². The third kappa shape index (κ3) is 6.22. The van der Waals surface area contributed by atoms with Gasteiger partial charge in [-0.15, -0.1) is 0 Å². The van der Waals surface area contributed by atoms with E-state index in [1.54, 1.807) is 11.8 Å². The largest absolute Gasteiger partial charge is 0.362 e. The second-order valence-electron chi connectivity index (χ2n) is 5.00. The van der Waals surface area contributed by atoms with Gasteiger partial charge in [-0.3, -0.25) is 0 Å². The summed E-state index contributed by atoms with van der Waals surface area (Å²) in [6.45, 7) is 2.84. The summed E-state index contributed by atoms with van der Waals surface area (Å²) in [5.41, 5.74) is 3.20. The molecule has 2 N–H and O–H groups in total. The van der Waals surface area contributed by atoms with E-state index in [0.717, 1.165) is 39.3 Å². The maximum Gasteiger partial charge on any atom is 0.170 e. The summed E-state index contributed by atoms with van der Waals surface area (Å²) >= 11 is 19.3. The quantitative estimate of drug-likeness (QED) is 0.505. The number of hydrogen-bond donors (Lipinski definition) is 2. The lowest BCUT2D eigenvalue weighted by molar-refractivity contribution is 0.990. The van der Waals surface area contributed by atoms with Gasteiger partial charge in [-0.2, -0.15) is 11.8 Å². The highest BCUT2D eigenvalue weighted by Gasteiger charge is 2.05. The van der Waals surface area contributed by atoms with Crippen LogP contribution in [0.25, 0.3) is 0 Å². The van der Waals surface area contributed by atoms with Crippen molar-refractivity contribution in [1.29, 1.82) is 0 Å². The number of aryl methyl sites for hydroxylation is 1. The topological polar surface area (TPSA) is 24.1 Å². The van der Waals surface area contributed by atoms with Crippen LogP contribution in [-0.2, 0) is 5.75 Å². The number of thioether (sulfide) groups is 1. The first-order valence-electron chi connectivity index (χ1n) is 7.18. The molecular weight excluding hydrogens is 367 g/mol. The minimum Gasteiger partial charge on any atom is -0.362 e. The van der Waals surface area contributed by atoms with Gasteiger partial charge in [0.2, 0.25) is 0 Å². The molecule has 2 aromatic rings. The molecule has 2 rings (SSSR count). The lowest BCUT2D eigenvalue weighted by atomic mass is 10.2. The van der Waals surface area contributed by atoms with Gasteiger partial charge in [-0.05, 0) is 49.0 Å². The molecule has 0 fully saturated rings. The first kappa shape index (κ1) is 18.4. The zero-order chi connectivity index (χ0) is 16.7. The molecule has 0 spiro atoms. The predicted octanol–water partition coefficient (Wildman–Crippen LogP) is 5.52. The van der Waals surface area contributed by atoms with Crippen LogP contribution in [0.4, 0.5) is 5.69 Å². The van der Waals surface area contributed by atoms with E-state index < -0.39 is 0 Å². The summed E-state index contributed by atoms with van der Waals surface area (Å²) in [7, 11) is 0. The molecule has 0 unspecified atom stereocenters. The molecule has 6 heteroatoms. The van der Waals surface area contributed by atoms with E-state index >= 15 is 0 Å². The van der Waals surface area contributed by atoms with Crippen LogP contribution in [0.1, 0.15) is 11.1 Å². The van der Waals surface area contributed by atoms with Crippen LogP contribution in [0.2, 0.25) is 10.0 Å². The second-order valence-corrected chi connectivity index (χ2v) is 7.33. The highest BCUT2D eigenvalue weighted by atomic mass is 35.5. The minimum absolute atomic E-state index is 0.630. The fourth-order valence-electron chi connectivity index (χ4n) is 1.89. The Morgan fingerprint density at radius 2 is 1.74 bits per heavy atom. The molecule has 0 aliphatic rings. The molecule has 0 radical (unpaired) electrons. The number of anilines is 1. The molecule has 122 valence electrons. The van der Waals surface area contributed by atoms with Crippen LogP contribution >= 0.6 is 47.2 Å². The third-order valence-electron chi connectivity index (χ3n) is 3.15. The van der Waals surface area contributed by atoms with Crippen molar-refractivity contribution in [3.8, 4) is 0 Å². The molecule has 0 aliphatic carbocycles. The summed E-state index contributed by atoms with van der Waals surface area (Å²) in [6.07, 6.45) is 0. The van der Waals surface area contributed by atoms with E-state index in [0.29, 0.717) is 5.11 Å². The number of halogens is 2. The summed E-state index contributed by atoms with van der Waals surface area (Å²) < 4.78 is 0. The fraction of sp³-hybridized carbons (Fsp3) is 0.235. The van der Waals surface area contributed by atoms with Gasteiger partial charge in [0.25, 0.3) is 0 Å². The Kier molecular flexibility index (Phi) is 7.50. The smallest absolute Gasteiger partial charge is 0.170 e. The van der Waals surface area contributed by atoms with Gasteiger partial charge in [0, 0.05) is 33.8 Å². The minimum atomic E-state index is 0.630.